The molecule has 0 aliphatic rings. The molecule has 0 aliphatic carbocycles. The predicted molar refractivity (Wildman–Crippen MR) is 73.5 cm³/mol. The summed E-state index contributed by atoms with van der Waals surface area (Å²) in [6.07, 6.45) is 3.21. The van der Waals surface area contributed by atoms with Gasteiger partial charge in [0.05, 0.1) is 23.4 Å². The molecule has 0 aromatic carbocycles. The Morgan fingerprint density at radius 2 is 2.35 bits per heavy atom. The van der Waals surface area contributed by atoms with E-state index in [-0.39, 0.29) is 5.56 Å². The van der Waals surface area contributed by atoms with E-state index in [1.165, 1.54) is 4.68 Å². The average Bonchev–Trinajstić information content (AvgIpc) is 2.27. The number of nitrogens with zero attached hydrogens (tertiary/aromatic N) is 3. The van der Waals surface area contributed by atoms with Crippen LogP contribution in [0.25, 0.3) is 0 Å². The molecular formula is C11H18N4OS. The van der Waals surface area contributed by atoms with Crippen LogP contribution >= 0.6 is 12.2 Å². The van der Waals surface area contributed by atoms with E-state index in [0.29, 0.717) is 18.0 Å². The van der Waals surface area contributed by atoms with E-state index in [2.05, 4.69) is 12.0 Å². The van der Waals surface area contributed by atoms with Gasteiger partial charge >= 0.3 is 0 Å². The normalized spacial score (nSPS) is 10.2. The Bertz CT molecular complexity index is 443. The summed E-state index contributed by atoms with van der Waals surface area (Å²) in [5.41, 5.74) is 6.10. The molecule has 5 nitrogen and oxygen atoms in total. The van der Waals surface area contributed by atoms with Gasteiger partial charge in [0.2, 0.25) is 0 Å². The lowest BCUT2D eigenvalue weighted by atomic mass is 10.3. The molecule has 0 radical (unpaired) electrons. The van der Waals surface area contributed by atoms with Gasteiger partial charge < -0.3 is 10.6 Å². The second kappa shape index (κ2) is 6.34. The summed E-state index contributed by atoms with van der Waals surface area (Å²) in [6.45, 7) is 3.43. The topological polar surface area (TPSA) is 64.2 Å². The van der Waals surface area contributed by atoms with E-state index in [1.54, 1.807) is 12.3 Å². The van der Waals surface area contributed by atoms with Crippen LogP contribution in [0.1, 0.15) is 19.8 Å². The van der Waals surface area contributed by atoms with Crippen LogP contribution in [0.5, 0.6) is 0 Å². The number of nitrogens with two attached hydrogens (primary N) is 1. The number of aromatic nitrogens is 2. The quantitative estimate of drug-likeness (QED) is 0.760. The number of thiocarbonyl (C=S) groups is 1. The van der Waals surface area contributed by atoms with Gasteiger partial charge in [0, 0.05) is 26.1 Å². The van der Waals surface area contributed by atoms with Crippen molar-refractivity contribution in [2.45, 2.75) is 26.3 Å². The smallest absolute Gasteiger partial charge is 0.268 e. The highest BCUT2D eigenvalue weighted by Crippen LogP contribution is 2.07. The molecule has 17 heavy (non-hydrogen) atoms. The van der Waals surface area contributed by atoms with Crippen molar-refractivity contribution in [3.05, 3.63) is 22.6 Å². The second-order valence-corrected chi connectivity index (χ2v) is 4.44. The Morgan fingerprint density at radius 1 is 1.65 bits per heavy atom. The summed E-state index contributed by atoms with van der Waals surface area (Å²) in [5.74, 6) is 0. The highest BCUT2D eigenvalue weighted by Gasteiger charge is 2.04. The van der Waals surface area contributed by atoms with Crippen LogP contribution in [0.4, 0.5) is 5.69 Å². The van der Waals surface area contributed by atoms with Gasteiger partial charge in [-0.3, -0.25) is 4.79 Å². The third kappa shape index (κ3) is 4.14. The Kier molecular flexibility index (Phi) is 5.09. The molecule has 0 atom stereocenters. The Morgan fingerprint density at radius 3 is 2.88 bits per heavy atom. The molecule has 0 amide bonds. The number of hydrogen-bond donors (Lipinski definition) is 1. The zero-order valence-electron chi connectivity index (χ0n) is 10.2. The fraction of sp³-hybridized carbons (Fsp3) is 0.545. The van der Waals surface area contributed by atoms with Crippen LogP contribution in [0, 0.1) is 0 Å². The summed E-state index contributed by atoms with van der Waals surface area (Å²) >= 11 is 4.77. The van der Waals surface area contributed by atoms with Crippen molar-refractivity contribution in [1.82, 2.24) is 9.78 Å². The van der Waals surface area contributed by atoms with Crippen LogP contribution in [-0.2, 0) is 6.54 Å². The van der Waals surface area contributed by atoms with E-state index in [9.17, 15) is 4.79 Å². The van der Waals surface area contributed by atoms with E-state index in [4.69, 9.17) is 18.0 Å². The lowest BCUT2D eigenvalue weighted by Gasteiger charge is -2.17. The van der Waals surface area contributed by atoms with E-state index < -0.39 is 0 Å². The van der Waals surface area contributed by atoms with Gasteiger partial charge in [-0.1, -0.05) is 19.1 Å². The molecule has 0 spiro atoms. The van der Waals surface area contributed by atoms with Crippen LogP contribution in [0.15, 0.2) is 17.1 Å². The van der Waals surface area contributed by atoms with Crippen molar-refractivity contribution < 1.29 is 0 Å². The molecule has 0 unspecified atom stereocenters. The first-order chi connectivity index (χ1) is 8.04. The maximum absolute atomic E-state index is 11.8. The zero-order chi connectivity index (χ0) is 12.8. The number of anilines is 1. The molecule has 0 saturated carbocycles. The van der Waals surface area contributed by atoms with Gasteiger partial charge in [-0.2, -0.15) is 5.10 Å². The molecule has 1 aromatic rings. The maximum atomic E-state index is 11.8. The van der Waals surface area contributed by atoms with Crippen LogP contribution < -0.4 is 16.2 Å². The van der Waals surface area contributed by atoms with Crippen molar-refractivity contribution in [1.29, 1.82) is 0 Å². The van der Waals surface area contributed by atoms with Gasteiger partial charge in [0.15, 0.2) is 0 Å². The summed E-state index contributed by atoms with van der Waals surface area (Å²) in [6, 6.07) is 1.59. The van der Waals surface area contributed by atoms with Gasteiger partial charge in [0.1, 0.15) is 0 Å². The van der Waals surface area contributed by atoms with Crippen LogP contribution in [0.2, 0.25) is 0 Å². The Hall–Kier alpha value is -1.43. The maximum Gasteiger partial charge on any atom is 0.268 e. The number of rotatable bonds is 6. The van der Waals surface area contributed by atoms with Crippen molar-refractivity contribution in [3.8, 4) is 0 Å². The fourth-order valence-electron chi connectivity index (χ4n) is 1.48. The first kappa shape index (κ1) is 13.6. The lowest BCUT2D eigenvalue weighted by molar-refractivity contribution is 0.593. The highest BCUT2D eigenvalue weighted by molar-refractivity contribution is 7.80. The average molecular weight is 254 g/mol. The predicted octanol–water partition coefficient (Wildman–Crippen LogP) is 0.766. The Labute approximate surface area is 106 Å². The summed E-state index contributed by atoms with van der Waals surface area (Å²) in [4.78, 5) is 14.2. The second-order valence-electron chi connectivity index (χ2n) is 3.91. The van der Waals surface area contributed by atoms with Gasteiger partial charge in [-0.05, 0) is 6.42 Å². The first-order valence-corrected chi connectivity index (χ1v) is 6.02. The Balaban J connectivity index is 2.79. The SMILES string of the molecule is CCCN(C)c1cnn(CCC(N)=S)c(=O)c1. The molecule has 6 heteroatoms. The summed E-state index contributed by atoms with van der Waals surface area (Å²) in [7, 11) is 1.94. The van der Waals surface area contributed by atoms with Crippen molar-refractivity contribution in [2.75, 3.05) is 18.5 Å². The van der Waals surface area contributed by atoms with Crippen LogP contribution in [-0.4, -0.2) is 28.4 Å². The van der Waals surface area contributed by atoms with Crippen molar-refractivity contribution >= 4 is 22.9 Å². The minimum absolute atomic E-state index is 0.123. The number of aryl methyl sites for hydroxylation is 1. The monoisotopic (exact) mass is 254 g/mol. The number of hydrogen-bond acceptors (Lipinski definition) is 4. The molecule has 0 fully saturated rings. The van der Waals surface area contributed by atoms with Gasteiger partial charge in [0.25, 0.3) is 5.56 Å². The minimum Gasteiger partial charge on any atom is -0.393 e. The fourth-order valence-corrected chi connectivity index (χ4v) is 1.57. The largest absolute Gasteiger partial charge is 0.393 e. The molecule has 1 heterocycles. The summed E-state index contributed by atoms with van der Waals surface area (Å²) in [5, 5.41) is 4.10. The molecule has 0 aliphatic heterocycles. The minimum atomic E-state index is -0.123. The highest BCUT2D eigenvalue weighted by atomic mass is 32.1. The molecule has 1 aromatic heterocycles. The van der Waals surface area contributed by atoms with E-state index in [0.717, 1.165) is 18.7 Å². The molecule has 2 N–H and O–H groups in total. The van der Waals surface area contributed by atoms with Crippen LogP contribution in [0.3, 0.4) is 0 Å². The third-order valence-corrected chi connectivity index (χ3v) is 2.63. The molecular weight excluding hydrogens is 236 g/mol. The first-order valence-electron chi connectivity index (χ1n) is 5.61. The molecule has 1 rings (SSSR count). The molecule has 0 saturated heterocycles. The van der Waals surface area contributed by atoms with Crippen molar-refractivity contribution in [2.24, 2.45) is 5.73 Å². The standard InChI is InChI=1S/C11H18N4OS/c1-3-5-14(2)9-7-11(16)15(13-8-9)6-4-10(12)17/h7-8H,3-6H2,1-2H3,(H2,12,17). The third-order valence-electron chi connectivity index (χ3n) is 2.42. The van der Waals surface area contributed by atoms with Gasteiger partial charge in [-0.25, -0.2) is 4.68 Å². The zero-order valence-corrected chi connectivity index (χ0v) is 11.0. The molecule has 0 bridgehead atoms. The van der Waals surface area contributed by atoms with Crippen molar-refractivity contribution in [3.63, 3.8) is 0 Å². The van der Waals surface area contributed by atoms with E-state index >= 15 is 0 Å². The lowest BCUT2D eigenvalue weighted by Crippen LogP contribution is -2.27. The van der Waals surface area contributed by atoms with Gasteiger partial charge in [-0.15, -0.1) is 0 Å². The van der Waals surface area contributed by atoms with E-state index in [1.807, 2.05) is 11.9 Å². The summed E-state index contributed by atoms with van der Waals surface area (Å²) < 4.78 is 1.38. The molecule has 94 valence electrons.